The maximum absolute atomic E-state index is 12.8. The Labute approximate surface area is 148 Å². The Balaban J connectivity index is 1.87. The number of nitrogens with one attached hydrogen (secondary N) is 1. The first-order chi connectivity index (χ1) is 12.4. The minimum atomic E-state index is -1.12. The van der Waals surface area contributed by atoms with Gasteiger partial charge in [-0.05, 0) is 37.1 Å². The highest BCUT2D eigenvalue weighted by Crippen LogP contribution is 2.23. The number of hydrogen-bond donors (Lipinski definition) is 1. The molecule has 136 valence electrons. The first-order valence-electron chi connectivity index (χ1n) is 7.85. The topological polar surface area (TPSA) is 98.5 Å². The number of rotatable bonds is 7. The van der Waals surface area contributed by atoms with Crippen molar-refractivity contribution in [3.8, 4) is 0 Å². The Kier molecular flexibility index (Phi) is 6.37. The molecule has 0 saturated heterocycles. The zero-order valence-electron chi connectivity index (χ0n) is 14.0. The summed E-state index contributed by atoms with van der Waals surface area (Å²) in [7, 11) is 0. The van der Waals surface area contributed by atoms with E-state index in [4.69, 9.17) is 4.74 Å². The van der Waals surface area contributed by atoms with Crippen molar-refractivity contribution in [1.82, 2.24) is 0 Å². The smallest absolute Gasteiger partial charge is 0.306 e. The summed E-state index contributed by atoms with van der Waals surface area (Å²) < 4.78 is 17.9. The lowest BCUT2D eigenvalue weighted by atomic mass is 10.1. The summed E-state index contributed by atoms with van der Waals surface area (Å²) in [4.78, 5) is 34.2. The van der Waals surface area contributed by atoms with Crippen molar-refractivity contribution in [1.29, 1.82) is 0 Å². The van der Waals surface area contributed by atoms with Crippen LogP contribution in [-0.4, -0.2) is 22.9 Å². The van der Waals surface area contributed by atoms with Crippen LogP contribution in [0.3, 0.4) is 0 Å². The van der Waals surface area contributed by atoms with Crippen LogP contribution < -0.4 is 5.32 Å². The van der Waals surface area contributed by atoms with Crippen molar-refractivity contribution in [2.75, 3.05) is 5.32 Å². The fourth-order valence-electron chi connectivity index (χ4n) is 2.18. The van der Waals surface area contributed by atoms with Crippen molar-refractivity contribution >= 4 is 23.3 Å². The average molecular weight is 360 g/mol. The molecule has 0 spiro atoms. The summed E-state index contributed by atoms with van der Waals surface area (Å²) in [6, 6.07) is 11.4. The molecule has 0 radical (unpaired) electrons. The maximum Gasteiger partial charge on any atom is 0.306 e. The van der Waals surface area contributed by atoms with E-state index in [0.717, 1.165) is 5.56 Å². The predicted octanol–water partition coefficient (Wildman–Crippen LogP) is 3.24. The summed E-state index contributed by atoms with van der Waals surface area (Å²) in [5.74, 6) is -1.63. The molecule has 2 aromatic carbocycles. The number of aryl methyl sites for hydroxylation is 1. The zero-order valence-corrected chi connectivity index (χ0v) is 14.0. The van der Waals surface area contributed by atoms with Crippen LogP contribution >= 0.6 is 0 Å². The fourth-order valence-corrected chi connectivity index (χ4v) is 2.18. The van der Waals surface area contributed by atoms with E-state index in [1.165, 1.54) is 37.3 Å². The molecule has 2 rings (SSSR count). The highest BCUT2D eigenvalue weighted by atomic mass is 19.1. The van der Waals surface area contributed by atoms with E-state index in [9.17, 15) is 24.1 Å². The number of nitro benzene ring substituents is 1. The van der Waals surface area contributed by atoms with E-state index in [2.05, 4.69) is 5.32 Å². The van der Waals surface area contributed by atoms with E-state index in [-0.39, 0.29) is 23.6 Å². The molecule has 0 aliphatic carbocycles. The number of nitro groups is 1. The van der Waals surface area contributed by atoms with Crippen LogP contribution in [0.4, 0.5) is 15.8 Å². The van der Waals surface area contributed by atoms with Crippen LogP contribution in [0.25, 0.3) is 0 Å². The molecular formula is C18H17FN2O5. The summed E-state index contributed by atoms with van der Waals surface area (Å²) in [6.07, 6.45) is -0.748. The number of para-hydroxylation sites is 2. The van der Waals surface area contributed by atoms with Crippen molar-refractivity contribution in [2.45, 2.75) is 25.9 Å². The third-order valence-corrected chi connectivity index (χ3v) is 3.57. The molecule has 0 aromatic heterocycles. The van der Waals surface area contributed by atoms with Crippen molar-refractivity contribution < 1.29 is 23.6 Å². The van der Waals surface area contributed by atoms with Crippen LogP contribution in [0.1, 0.15) is 18.9 Å². The number of esters is 1. The van der Waals surface area contributed by atoms with E-state index in [1.807, 2.05) is 0 Å². The lowest BCUT2D eigenvalue weighted by Crippen LogP contribution is -2.30. The highest BCUT2D eigenvalue weighted by Gasteiger charge is 2.21. The number of benzene rings is 2. The maximum atomic E-state index is 12.8. The lowest BCUT2D eigenvalue weighted by Gasteiger charge is -2.13. The SMILES string of the molecule is C[C@H](OC(=O)CCc1ccc(F)cc1)C(=O)Nc1ccccc1[N+](=O)[O-]. The molecule has 0 bridgehead atoms. The second kappa shape index (κ2) is 8.70. The minimum absolute atomic E-state index is 0.0226. The van der Waals surface area contributed by atoms with Crippen molar-refractivity contribution in [2.24, 2.45) is 0 Å². The normalized spacial score (nSPS) is 11.5. The van der Waals surface area contributed by atoms with E-state index < -0.39 is 22.9 Å². The first kappa shape index (κ1) is 19.0. The number of ether oxygens (including phenoxy) is 1. The third-order valence-electron chi connectivity index (χ3n) is 3.57. The minimum Gasteiger partial charge on any atom is -0.453 e. The lowest BCUT2D eigenvalue weighted by molar-refractivity contribution is -0.383. The van der Waals surface area contributed by atoms with Gasteiger partial charge < -0.3 is 10.1 Å². The number of carbonyl (C=O) groups is 2. The number of hydrogen-bond acceptors (Lipinski definition) is 5. The van der Waals surface area contributed by atoms with Gasteiger partial charge in [0.2, 0.25) is 0 Å². The van der Waals surface area contributed by atoms with Gasteiger partial charge in [0.15, 0.2) is 6.10 Å². The van der Waals surface area contributed by atoms with Gasteiger partial charge in [0.25, 0.3) is 11.6 Å². The van der Waals surface area contributed by atoms with Crippen molar-refractivity contribution in [3.63, 3.8) is 0 Å². The predicted molar refractivity (Wildman–Crippen MR) is 92.0 cm³/mol. The Morgan fingerprint density at radius 1 is 1.19 bits per heavy atom. The molecule has 7 nitrogen and oxygen atoms in total. The third kappa shape index (κ3) is 5.37. The average Bonchev–Trinajstić information content (AvgIpc) is 2.61. The summed E-state index contributed by atoms with van der Waals surface area (Å²) >= 11 is 0. The number of carbonyl (C=O) groups excluding carboxylic acids is 2. The van der Waals surface area contributed by atoms with Gasteiger partial charge in [0.05, 0.1) is 4.92 Å². The number of anilines is 1. The second-order valence-corrected chi connectivity index (χ2v) is 5.52. The largest absolute Gasteiger partial charge is 0.453 e. The molecule has 0 aliphatic heterocycles. The van der Waals surface area contributed by atoms with Gasteiger partial charge >= 0.3 is 5.97 Å². The van der Waals surface area contributed by atoms with Gasteiger partial charge in [-0.1, -0.05) is 24.3 Å². The van der Waals surface area contributed by atoms with Crippen LogP contribution in [0.2, 0.25) is 0 Å². The Morgan fingerprint density at radius 3 is 2.50 bits per heavy atom. The van der Waals surface area contributed by atoms with Gasteiger partial charge in [0.1, 0.15) is 11.5 Å². The molecule has 0 fully saturated rings. The quantitative estimate of drug-likeness (QED) is 0.464. The first-order valence-corrected chi connectivity index (χ1v) is 7.85. The van der Waals surface area contributed by atoms with E-state index >= 15 is 0 Å². The Morgan fingerprint density at radius 2 is 1.85 bits per heavy atom. The molecule has 1 amide bonds. The number of halogens is 1. The summed E-state index contributed by atoms with van der Waals surface area (Å²) in [5.41, 5.74) is 0.535. The van der Waals surface area contributed by atoms with Gasteiger partial charge in [0, 0.05) is 12.5 Å². The van der Waals surface area contributed by atoms with Gasteiger partial charge in [-0.15, -0.1) is 0 Å². The molecule has 2 aromatic rings. The highest BCUT2D eigenvalue weighted by molar-refractivity contribution is 5.96. The second-order valence-electron chi connectivity index (χ2n) is 5.52. The number of amides is 1. The Hall–Kier alpha value is -3.29. The summed E-state index contributed by atoms with van der Waals surface area (Å²) in [5, 5.41) is 13.3. The molecule has 0 saturated carbocycles. The van der Waals surface area contributed by atoms with Gasteiger partial charge in [-0.25, -0.2) is 4.39 Å². The van der Waals surface area contributed by atoms with Gasteiger partial charge in [-0.2, -0.15) is 0 Å². The molecule has 1 N–H and O–H groups in total. The monoisotopic (exact) mass is 360 g/mol. The van der Waals surface area contributed by atoms with Crippen LogP contribution in [-0.2, 0) is 20.7 Å². The Bertz CT molecular complexity index is 807. The fraction of sp³-hybridized carbons (Fsp3) is 0.222. The summed E-state index contributed by atoms with van der Waals surface area (Å²) in [6.45, 7) is 1.37. The van der Waals surface area contributed by atoms with Crippen LogP contribution in [0.15, 0.2) is 48.5 Å². The molecule has 1 atom stereocenters. The number of nitrogens with zero attached hydrogens (tertiary/aromatic N) is 1. The van der Waals surface area contributed by atoms with Crippen molar-refractivity contribution in [3.05, 3.63) is 70.0 Å². The van der Waals surface area contributed by atoms with E-state index in [1.54, 1.807) is 18.2 Å². The van der Waals surface area contributed by atoms with E-state index in [0.29, 0.717) is 6.42 Å². The molecule has 8 heteroatoms. The van der Waals surface area contributed by atoms with Crippen LogP contribution in [0, 0.1) is 15.9 Å². The standard InChI is InChI=1S/C18H17FN2O5/c1-12(18(23)20-15-4-2-3-5-16(15)21(24)25)26-17(22)11-8-13-6-9-14(19)10-7-13/h2-7,9-10,12H,8,11H2,1H3,(H,20,23)/t12-/m0/s1. The molecule has 26 heavy (non-hydrogen) atoms. The van der Waals surface area contributed by atoms with Crippen LogP contribution in [0.5, 0.6) is 0 Å². The molecule has 0 aliphatic rings. The molecular weight excluding hydrogens is 343 g/mol. The zero-order chi connectivity index (χ0) is 19.1. The molecule has 0 heterocycles. The molecule has 0 unspecified atom stereocenters. The van der Waals surface area contributed by atoms with Gasteiger partial charge in [-0.3, -0.25) is 19.7 Å².